The molecule has 0 aliphatic heterocycles. The normalized spacial score (nSPS) is 16.3. The lowest BCUT2D eigenvalue weighted by Gasteiger charge is -2.23. The number of nitrogens with zero attached hydrogens (tertiary/aromatic N) is 5. The van der Waals surface area contributed by atoms with Crippen molar-refractivity contribution in [3.8, 4) is 11.4 Å². The third kappa shape index (κ3) is 4.73. The summed E-state index contributed by atoms with van der Waals surface area (Å²) in [4.78, 5) is 31.2. The third-order valence-corrected chi connectivity index (χ3v) is 6.89. The van der Waals surface area contributed by atoms with Crippen LogP contribution in [0.3, 0.4) is 0 Å². The number of anilines is 1. The maximum Gasteiger partial charge on any atom is 0.251 e. The average Bonchev–Trinajstić information content (AvgIpc) is 3.63. The van der Waals surface area contributed by atoms with E-state index in [-0.39, 0.29) is 5.91 Å². The Labute approximate surface area is 204 Å². The van der Waals surface area contributed by atoms with E-state index in [9.17, 15) is 4.79 Å². The molecule has 2 aliphatic carbocycles. The van der Waals surface area contributed by atoms with Gasteiger partial charge in [0.15, 0.2) is 17.3 Å². The van der Waals surface area contributed by atoms with Crippen LogP contribution < -0.4 is 10.6 Å². The van der Waals surface area contributed by atoms with E-state index in [0.29, 0.717) is 35.8 Å². The van der Waals surface area contributed by atoms with Crippen molar-refractivity contribution in [3.63, 3.8) is 0 Å². The van der Waals surface area contributed by atoms with E-state index < -0.39 is 0 Å². The second-order valence-electron chi connectivity index (χ2n) is 9.55. The van der Waals surface area contributed by atoms with Gasteiger partial charge in [-0.3, -0.25) is 9.78 Å². The molecule has 2 aliphatic rings. The Hall–Kier alpha value is -3.81. The van der Waals surface area contributed by atoms with Crippen molar-refractivity contribution in [2.24, 2.45) is 0 Å². The van der Waals surface area contributed by atoms with Gasteiger partial charge in [0.25, 0.3) is 5.91 Å². The van der Waals surface area contributed by atoms with E-state index in [4.69, 9.17) is 15.0 Å². The number of hydrogen-bond acceptors (Lipinski definition) is 6. The topological polar surface area (TPSA) is 97.6 Å². The molecule has 1 amide bonds. The summed E-state index contributed by atoms with van der Waals surface area (Å²) in [7, 11) is 0. The molecule has 0 spiro atoms. The largest absolute Gasteiger partial charge is 0.364 e. The van der Waals surface area contributed by atoms with Crippen molar-refractivity contribution >= 4 is 22.9 Å². The number of benzene rings is 1. The second-order valence-corrected chi connectivity index (χ2v) is 9.55. The van der Waals surface area contributed by atoms with E-state index in [0.717, 1.165) is 48.0 Å². The lowest BCUT2D eigenvalue weighted by molar-refractivity contribution is 0.0951. The molecule has 4 aromatic rings. The van der Waals surface area contributed by atoms with Gasteiger partial charge in [-0.1, -0.05) is 37.5 Å². The first-order valence-electron chi connectivity index (χ1n) is 12.5. The lowest BCUT2D eigenvalue weighted by atomic mass is 9.95. The van der Waals surface area contributed by atoms with Gasteiger partial charge in [0.1, 0.15) is 5.52 Å². The Morgan fingerprint density at radius 3 is 2.57 bits per heavy atom. The van der Waals surface area contributed by atoms with E-state index >= 15 is 0 Å². The zero-order chi connectivity index (χ0) is 23.6. The molecule has 2 saturated carbocycles. The molecular formula is C27H29N7O. The van der Waals surface area contributed by atoms with E-state index in [1.807, 2.05) is 48.9 Å². The fourth-order valence-corrected chi connectivity index (χ4v) is 4.75. The quantitative estimate of drug-likeness (QED) is 0.401. The number of nitrogens with one attached hydrogen (secondary N) is 2. The molecule has 8 nitrogen and oxygen atoms in total. The van der Waals surface area contributed by atoms with Gasteiger partial charge >= 0.3 is 0 Å². The zero-order valence-electron chi connectivity index (χ0n) is 19.7. The first kappa shape index (κ1) is 21.7. The van der Waals surface area contributed by atoms with Gasteiger partial charge in [-0.05, 0) is 49.4 Å². The Bertz CT molecular complexity index is 1320. The van der Waals surface area contributed by atoms with Gasteiger partial charge < -0.3 is 15.2 Å². The molecule has 3 heterocycles. The van der Waals surface area contributed by atoms with E-state index in [1.165, 1.54) is 19.3 Å². The molecule has 6 rings (SSSR count). The highest BCUT2D eigenvalue weighted by Crippen LogP contribution is 2.33. The van der Waals surface area contributed by atoms with Crippen molar-refractivity contribution in [1.29, 1.82) is 0 Å². The van der Waals surface area contributed by atoms with Gasteiger partial charge in [-0.15, -0.1) is 0 Å². The van der Waals surface area contributed by atoms with Crippen LogP contribution >= 0.6 is 0 Å². The molecule has 0 saturated heterocycles. The van der Waals surface area contributed by atoms with Crippen LogP contribution in [0.15, 0.2) is 55.1 Å². The van der Waals surface area contributed by atoms with Crippen LogP contribution in [0.4, 0.5) is 5.82 Å². The highest BCUT2D eigenvalue weighted by Gasteiger charge is 2.24. The van der Waals surface area contributed by atoms with Crippen LogP contribution in [0.25, 0.3) is 22.6 Å². The SMILES string of the molecule is O=C(NC1CC1)c1ccc(-c2nc(NCc3cccnc3)c3ncn(C4CCCCC4)c3n2)cc1. The van der Waals surface area contributed by atoms with Crippen molar-refractivity contribution in [3.05, 3.63) is 66.2 Å². The second kappa shape index (κ2) is 9.44. The molecule has 8 heteroatoms. The number of rotatable bonds is 7. The first-order valence-corrected chi connectivity index (χ1v) is 12.5. The molecule has 2 N–H and O–H groups in total. The van der Waals surface area contributed by atoms with Crippen molar-refractivity contribution in [2.45, 2.75) is 63.6 Å². The molecule has 0 radical (unpaired) electrons. The van der Waals surface area contributed by atoms with Gasteiger partial charge in [0, 0.05) is 42.1 Å². The van der Waals surface area contributed by atoms with Crippen LogP contribution in [-0.2, 0) is 6.54 Å². The summed E-state index contributed by atoms with van der Waals surface area (Å²) in [6, 6.07) is 12.3. The summed E-state index contributed by atoms with van der Waals surface area (Å²) < 4.78 is 2.23. The number of pyridine rings is 1. The fourth-order valence-electron chi connectivity index (χ4n) is 4.75. The fraction of sp³-hybridized carbons (Fsp3) is 0.370. The number of carbonyl (C=O) groups is 1. The minimum absolute atomic E-state index is 0.0235. The van der Waals surface area contributed by atoms with E-state index in [2.05, 4.69) is 20.2 Å². The molecular weight excluding hydrogens is 438 g/mol. The number of aromatic nitrogens is 5. The lowest BCUT2D eigenvalue weighted by Crippen LogP contribution is -2.25. The number of carbonyl (C=O) groups excluding carboxylic acids is 1. The summed E-state index contributed by atoms with van der Waals surface area (Å²) in [5, 5.41) is 6.50. The van der Waals surface area contributed by atoms with E-state index in [1.54, 1.807) is 6.20 Å². The maximum absolute atomic E-state index is 12.4. The standard InChI is InChI=1S/C27H29N7O/c35-27(31-21-12-13-21)20-10-8-19(9-11-20)24-32-25(29-16-18-5-4-14-28-15-18)23-26(33-24)34(17-30-23)22-6-2-1-3-7-22/h4-5,8-11,14-15,17,21-22H,1-3,6-7,12-13,16H2,(H,31,35)(H,29,32,33). The summed E-state index contributed by atoms with van der Waals surface area (Å²) in [5.41, 5.74) is 4.23. The molecule has 1 aromatic carbocycles. The van der Waals surface area contributed by atoms with Gasteiger partial charge in [0.2, 0.25) is 0 Å². The van der Waals surface area contributed by atoms with Gasteiger partial charge in [-0.2, -0.15) is 0 Å². The predicted octanol–water partition coefficient (Wildman–Crippen LogP) is 4.90. The predicted molar refractivity (Wildman–Crippen MR) is 135 cm³/mol. The Morgan fingerprint density at radius 1 is 1.00 bits per heavy atom. The highest BCUT2D eigenvalue weighted by molar-refractivity contribution is 5.95. The average molecular weight is 468 g/mol. The van der Waals surface area contributed by atoms with Crippen LogP contribution in [0, 0.1) is 0 Å². The van der Waals surface area contributed by atoms with Crippen LogP contribution in [0.2, 0.25) is 0 Å². The highest BCUT2D eigenvalue weighted by atomic mass is 16.1. The smallest absolute Gasteiger partial charge is 0.251 e. The minimum Gasteiger partial charge on any atom is -0.364 e. The van der Waals surface area contributed by atoms with Gasteiger partial charge in [0.05, 0.1) is 6.33 Å². The molecule has 2 fully saturated rings. The number of imidazole rings is 1. The van der Waals surface area contributed by atoms with Crippen molar-refractivity contribution in [2.75, 3.05) is 5.32 Å². The zero-order valence-corrected chi connectivity index (χ0v) is 19.7. The summed E-state index contributed by atoms with van der Waals surface area (Å²) in [6.07, 6.45) is 13.7. The molecule has 0 atom stereocenters. The summed E-state index contributed by atoms with van der Waals surface area (Å²) >= 11 is 0. The third-order valence-electron chi connectivity index (χ3n) is 6.89. The molecule has 178 valence electrons. The molecule has 35 heavy (non-hydrogen) atoms. The molecule has 3 aromatic heterocycles. The first-order chi connectivity index (χ1) is 17.2. The maximum atomic E-state index is 12.4. The Balaban J connectivity index is 1.35. The molecule has 0 bridgehead atoms. The van der Waals surface area contributed by atoms with Crippen LogP contribution in [0.1, 0.15) is 66.9 Å². The van der Waals surface area contributed by atoms with Crippen LogP contribution in [0.5, 0.6) is 0 Å². The van der Waals surface area contributed by atoms with Gasteiger partial charge in [-0.25, -0.2) is 15.0 Å². The van der Waals surface area contributed by atoms with Crippen molar-refractivity contribution < 1.29 is 4.79 Å². The summed E-state index contributed by atoms with van der Waals surface area (Å²) in [5.74, 6) is 1.31. The Kier molecular flexibility index (Phi) is 5.86. The van der Waals surface area contributed by atoms with Crippen molar-refractivity contribution in [1.82, 2.24) is 29.8 Å². The number of hydrogen-bond donors (Lipinski definition) is 2. The number of amides is 1. The number of fused-ring (bicyclic) bond motifs is 1. The minimum atomic E-state index is -0.0235. The Morgan fingerprint density at radius 2 is 1.83 bits per heavy atom. The van der Waals surface area contributed by atoms with Crippen LogP contribution in [-0.4, -0.2) is 36.5 Å². The summed E-state index contributed by atoms with van der Waals surface area (Å²) in [6.45, 7) is 0.593. The monoisotopic (exact) mass is 467 g/mol. The molecule has 0 unspecified atom stereocenters.